The zero-order valence-electron chi connectivity index (χ0n) is 17.2. The van der Waals surface area contributed by atoms with Crippen LogP contribution in [0.25, 0.3) is 0 Å². The second-order valence-corrected chi connectivity index (χ2v) is 7.16. The van der Waals surface area contributed by atoms with Crippen molar-refractivity contribution in [3.8, 4) is 0 Å². The highest BCUT2D eigenvalue weighted by molar-refractivity contribution is 14.0. The molecule has 27 heavy (non-hydrogen) atoms. The van der Waals surface area contributed by atoms with Gasteiger partial charge in [-0.15, -0.1) is 24.0 Å². The lowest BCUT2D eigenvalue weighted by molar-refractivity contribution is 0.146. The van der Waals surface area contributed by atoms with Gasteiger partial charge < -0.3 is 20.0 Å². The van der Waals surface area contributed by atoms with E-state index >= 15 is 0 Å². The number of piperidine rings is 1. The first kappa shape index (κ1) is 24.2. The molecule has 1 aromatic rings. The number of rotatable bonds is 10. The number of furan rings is 1. The molecule has 2 heterocycles. The summed E-state index contributed by atoms with van der Waals surface area (Å²) in [5.41, 5.74) is 0. The number of hydrogen-bond acceptors (Lipinski definition) is 4. The average Bonchev–Trinajstić information content (AvgIpc) is 3.20. The minimum atomic E-state index is 0. The van der Waals surface area contributed by atoms with Gasteiger partial charge in [0.2, 0.25) is 0 Å². The molecular weight excluding hydrogens is 453 g/mol. The molecule has 0 aromatic carbocycles. The lowest BCUT2D eigenvalue weighted by Gasteiger charge is -2.33. The SMILES string of the molecule is CCCCN(C)CCNC(=NC)NCC(c1ccco1)N1CCCCC1.I. The fraction of sp³-hybridized carbons (Fsp3) is 0.750. The molecule has 1 aromatic heterocycles. The number of nitrogens with zero attached hydrogens (tertiary/aromatic N) is 3. The summed E-state index contributed by atoms with van der Waals surface area (Å²) in [6.45, 7) is 8.39. The van der Waals surface area contributed by atoms with Gasteiger partial charge in [-0.05, 0) is 58.1 Å². The van der Waals surface area contributed by atoms with E-state index in [1.54, 1.807) is 6.26 Å². The van der Waals surface area contributed by atoms with E-state index in [-0.39, 0.29) is 30.0 Å². The van der Waals surface area contributed by atoms with Gasteiger partial charge in [0.15, 0.2) is 5.96 Å². The molecule has 0 aliphatic carbocycles. The van der Waals surface area contributed by atoms with Crippen LogP contribution in [0.3, 0.4) is 0 Å². The number of nitrogens with one attached hydrogen (secondary N) is 2. The van der Waals surface area contributed by atoms with E-state index in [4.69, 9.17) is 4.42 Å². The second-order valence-electron chi connectivity index (χ2n) is 7.16. The van der Waals surface area contributed by atoms with E-state index in [0.29, 0.717) is 0 Å². The summed E-state index contributed by atoms with van der Waals surface area (Å²) in [6, 6.07) is 4.32. The van der Waals surface area contributed by atoms with Crippen molar-refractivity contribution in [1.29, 1.82) is 0 Å². The molecule has 0 saturated carbocycles. The average molecular weight is 491 g/mol. The molecule has 1 saturated heterocycles. The predicted molar refractivity (Wildman–Crippen MR) is 124 cm³/mol. The Morgan fingerprint density at radius 1 is 1.26 bits per heavy atom. The number of aliphatic imine (C=N–C) groups is 1. The third-order valence-electron chi connectivity index (χ3n) is 5.07. The summed E-state index contributed by atoms with van der Waals surface area (Å²) in [5, 5.41) is 6.92. The van der Waals surface area contributed by atoms with Gasteiger partial charge >= 0.3 is 0 Å². The Morgan fingerprint density at radius 3 is 2.67 bits per heavy atom. The van der Waals surface area contributed by atoms with Gasteiger partial charge in [0.1, 0.15) is 5.76 Å². The maximum atomic E-state index is 5.72. The highest BCUT2D eigenvalue weighted by Gasteiger charge is 2.24. The van der Waals surface area contributed by atoms with Crippen molar-refractivity contribution < 1.29 is 4.42 Å². The molecule has 1 unspecified atom stereocenters. The zero-order valence-corrected chi connectivity index (χ0v) is 19.6. The highest BCUT2D eigenvalue weighted by atomic mass is 127. The van der Waals surface area contributed by atoms with Crippen LogP contribution in [0.1, 0.15) is 50.8 Å². The van der Waals surface area contributed by atoms with Crippen molar-refractivity contribution in [2.24, 2.45) is 4.99 Å². The summed E-state index contributed by atoms with van der Waals surface area (Å²) < 4.78 is 5.72. The van der Waals surface area contributed by atoms with E-state index in [1.165, 1.54) is 32.1 Å². The Morgan fingerprint density at radius 2 is 2.04 bits per heavy atom. The van der Waals surface area contributed by atoms with Crippen molar-refractivity contribution in [2.45, 2.75) is 45.1 Å². The highest BCUT2D eigenvalue weighted by Crippen LogP contribution is 2.24. The number of likely N-dealkylation sites (N-methyl/N-ethyl adjacent to an activating group) is 1. The van der Waals surface area contributed by atoms with E-state index in [1.807, 2.05) is 13.1 Å². The quantitative estimate of drug-likeness (QED) is 0.299. The monoisotopic (exact) mass is 491 g/mol. The summed E-state index contributed by atoms with van der Waals surface area (Å²) in [5.74, 6) is 1.90. The predicted octanol–water partition coefficient (Wildman–Crippen LogP) is 3.32. The first-order valence-electron chi connectivity index (χ1n) is 10.1. The van der Waals surface area contributed by atoms with Crippen molar-refractivity contribution >= 4 is 29.9 Å². The molecule has 1 fully saturated rings. The van der Waals surface area contributed by atoms with Crippen LogP contribution in [0.2, 0.25) is 0 Å². The third kappa shape index (κ3) is 8.83. The summed E-state index contributed by atoms with van der Waals surface area (Å²) >= 11 is 0. The molecule has 156 valence electrons. The largest absolute Gasteiger partial charge is 0.468 e. The van der Waals surface area contributed by atoms with E-state index < -0.39 is 0 Å². The van der Waals surface area contributed by atoms with Gasteiger partial charge in [0.05, 0.1) is 12.3 Å². The fourth-order valence-corrected chi connectivity index (χ4v) is 3.44. The minimum Gasteiger partial charge on any atom is -0.468 e. The van der Waals surface area contributed by atoms with Gasteiger partial charge in [-0.3, -0.25) is 9.89 Å². The van der Waals surface area contributed by atoms with Gasteiger partial charge in [-0.2, -0.15) is 0 Å². The summed E-state index contributed by atoms with van der Waals surface area (Å²) in [4.78, 5) is 9.27. The lowest BCUT2D eigenvalue weighted by Crippen LogP contribution is -2.45. The third-order valence-corrected chi connectivity index (χ3v) is 5.07. The van der Waals surface area contributed by atoms with Crippen LogP contribution in [0, 0.1) is 0 Å². The van der Waals surface area contributed by atoms with Crippen LogP contribution in [-0.2, 0) is 0 Å². The zero-order chi connectivity index (χ0) is 18.6. The fourth-order valence-electron chi connectivity index (χ4n) is 3.44. The molecule has 1 atom stereocenters. The molecule has 2 N–H and O–H groups in total. The van der Waals surface area contributed by atoms with Gasteiger partial charge in [0.25, 0.3) is 0 Å². The van der Waals surface area contributed by atoms with Gasteiger partial charge in [0, 0.05) is 26.7 Å². The Kier molecular flexibility index (Phi) is 12.8. The number of halogens is 1. The van der Waals surface area contributed by atoms with Crippen LogP contribution in [0.4, 0.5) is 0 Å². The van der Waals surface area contributed by atoms with Crippen molar-refractivity contribution in [2.75, 3.05) is 53.4 Å². The van der Waals surface area contributed by atoms with E-state index in [0.717, 1.165) is 51.0 Å². The van der Waals surface area contributed by atoms with E-state index in [2.05, 4.69) is 45.5 Å². The van der Waals surface area contributed by atoms with Crippen LogP contribution in [0.15, 0.2) is 27.8 Å². The van der Waals surface area contributed by atoms with Gasteiger partial charge in [-0.25, -0.2) is 0 Å². The standard InChI is InChI=1S/C20H37N5O.HI/c1-4-5-12-24(3)15-11-22-20(21-2)23-17-18(19-10-9-16-26-19)25-13-7-6-8-14-25;/h9-10,16,18H,4-8,11-15,17H2,1-3H3,(H2,21,22,23);1H. The maximum Gasteiger partial charge on any atom is 0.191 e. The molecular formula is C20H38IN5O. The Labute approximate surface area is 182 Å². The molecule has 0 bridgehead atoms. The number of guanidine groups is 1. The molecule has 1 aliphatic rings. The smallest absolute Gasteiger partial charge is 0.191 e. The molecule has 0 radical (unpaired) electrons. The Hall–Kier alpha value is -0.800. The molecule has 1 aliphatic heterocycles. The number of hydrogen-bond donors (Lipinski definition) is 2. The minimum absolute atomic E-state index is 0. The van der Waals surface area contributed by atoms with Crippen LogP contribution in [-0.4, -0.2) is 69.1 Å². The molecule has 6 nitrogen and oxygen atoms in total. The van der Waals surface area contributed by atoms with Crippen molar-refractivity contribution in [1.82, 2.24) is 20.4 Å². The normalized spacial score (nSPS) is 16.8. The first-order valence-corrected chi connectivity index (χ1v) is 10.1. The summed E-state index contributed by atoms with van der Waals surface area (Å²) in [6.07, 6.45) is 8.15. The molecule has 2 rings (SSSR count). The first-order chi connectivity index (χ1) is 12.7. The van der Waals surface area contributed by atoms with Crippen LogP contribution < -0.4 is 10.6 Å². The Balaban J connectivity index is 0.00000364. The van der Waals surface area contributed by atoms with Crippen molar-refractivity contribution in [3.63, 3.8) is 0 Å². The molecule has 0 spiro atoms. The Bertz CT molecular complexity index is 502. The second kappa shape index (κ2) is 14.2. The maximum absolute atomic E-state index is 5.72. The van der Waals surface area contributed by atoms with Crippen molar-refractivity contribution in [3.05, 3.63) is 24.2 Å². The van der Waals surface area contributed by atoms with E-state index in [9.17, 15) is 0 Å². The lowest BCUT2D eigenvalue weighted by atomic mass is 10.1. The van der Waals surface area contributed by atoms with Crippen LogP contribution >= 0.6 is 24.0 Å². The number of unbranched alkanes of at least 4 members (excludes halogenated alkanes) is 1. The molecule has 0 amide bonds. The summed E-state index contributed by atoms with van der Waals surface area (Å²) in [7, 11) is 4.01. The molecule has 7 heteroatoms. The number of likely N-dealkylation sites (tertiary alicyclic amines) is 1. The van der Waals surface area contributed by atoms with Crippen LogP contribution in [0.5, 0.6) is 0 Å². The van der Waals surface area contributed by atoms with Gasteiger partial charge in [-0.1, -0.05) is 19.8 Å². The topological polar surface area (TPSA) is 56.0 Å².